The monoisotopic (exact) mass is 1320 g/mol. The molecule has 4 aliphatic heterocycles. The first-order valence-corrected chi connectivity index (χ1v) is 37.1. The molecule has 0 saturated carbocycles. The van der Waals surface area contributed by atoms with E-state index in [0.29, 0.717) is 77.8 Å². The smallest absolute Gasteiger partial charge is 0.185 e. The summed E-state index contributed by atoms with van der Waals surface area (Å²) in [5.74, 6) is 4.90. The minimum Gasteiger partial charge on any atom is -0.454 e. The van der Waals surface area contributed by atoms with Gasteiger partial charge in [0.2, 0.25) is 0 Å². The Morgan fingerprint density at radius 3 is 0.646 bits per heavy atom. The van der Waals surface area contributed by atoms with Crippen LogP contribution in [0.4, 0.5) is 0 Å². The van der Waals surface area contributed by atoms with Crippen LogP contribution in [-0.2, 0) is 9.13 Å². The van der Waals surface area contributed by atoms with Crippen molar-refractivity contribution in [2.45, 2.75) is 48.5 Å². The highest BCUT2D eigenvalue weighted by Gasteiger charge is 2.52. The highest BCUT2D eigenvalue weighted by Crippen LogP contribution is 2.66. The van der Waals surface area contributed by atoms with Gasteiger partial charge >= 0.3 is 0 Å². The Labute approximate surface area is 578 Å². The molecule has 1 atom stereocenters. The van der Waals surface area contributed by atoms with Gasteiger partial charge in [0.15, 0.2) is 37.3 Å². The van der Waals surface area contributed by atoms with Gasteiger partial charge in [0, 0.05) is 44.5 Å². The SMILES string of the molecule is Cc1ccccc1-c1cccc2c1Oc1c(-c3ccccc3C)cc(-c3ccccc3C)c3c1P2(=O)c1cccc(-c2ccccc2)c1O3.Cc1ccccc1-c1cccc2c1Oc1c(-c3ccccc3C)cc(-c3ccccc3C)c3c1P2(=O)c1cccc(-c2ccccc2C)c1O3. The van der Waals surface area contributed by atoms with Crippen molar-refractivity contribution in [3.63, 3.8) is 0 Å². The molecule has 0 fully saturated rings. The Balaban J connectivity index is 0.000000148. The molecule has 8 heteroatoms. The first kappa shape index (κ1) is 61.3. The average Bonchev–Trinajstić information content (AvgIpc) is 0.690. The van der Waals surface area contributed by atoms with Gasteiger partial charge in [0.1, 0.15) is 33.6 Å². The third-order valence-corrected chi connectivity index (χ3v) is 26.5. The van der Waals surface area contributed by atoms with Crippen molar-refractivity contribution in [3.05, 3.63) is 324 Å². The Morgan fingerprint density at radius 2 is 0.394 bits per heavy atom. The van der Waals surface area contributed by atoms with Crippen LogP contribution in [0.1, 0.15) is 38.9 Å². The zero-order valence-corrected chi connectivity index (χ0v) is 57.8. The molecule has 0 bridgehead atoms. The molecule has 0 amide bonds. The van der Waals surface area contributed by atoms with Crippen LogP contribution in [0.25, 0.3) is 89.0 Å². The van der Waals surface area contributed by atoms with Gasteiger partial charge < -0.3 is 28.1 Å². The highest BCUT2D eigenvalue weighted by molar-refractivity contribution is 7.86. The summed E-state index contributed by atoms with van der Waals surface area (Å²) < 4.78 is 62.3. The molecule has 6 nitrogen and oxygen atoms in total. The maximum Gasteiger partial charge on any atom is 0.185 e. The Morgan fingerprint density at radius 1 is 0.192 bits per heavy atom. The van der Waals surface area contributed by atoms with Gasteiger partial charge in [-0.1, -0.05) is 249 Å². The highest BCUT2D eigenvalue weighted by atomic mass is 31.2. The Bertz CT molecular complexity index is 5630. The molecule has 0 saturated heterocycles. The summed E-state index contributed by atoms with van der Waals surface area (Å²) in [5, 5.41) is 4.01. The Kier molecular flexibility index (Phi) is 14.9. The molecule has 99 heavy (non-hydrogen) atoms. The maximum absolute atomic E-state index is 16.9. The molecule has 0 N–H and O–H groups in total. The second-order valence-corrected chi connectivity index (χ2v) is 31.5. The van der Waals surface area contributed by atoms with Crippen LogP contribution in [-0.4, -0.2) is 0 Å². The summed E-state index contributed by atoms with van der Waals surface area (Å²) in [6.45, 7) is 14.8. The molecule has 0 aromatic heterocycles. The number of para-hydroxylation sites is 4. The Hall–Kier alpha value is -11.3. The van der Waals surface area contributed by atoms with Crippen LogP contribution in [0.15, 0.2) is 285 Å². The van der Waals surface area contributed by atoms with E-state index in [0.717, 1.165) is 128 Å². The van der Waals surface area contributed by atoms with Crippen molar-refractivity contribution < 1.29 is 28.1 Å². The number of ether oxygens (including phenoxy) is 4. The van der Waals surface area contributed by atoms with E-state index in [-0.39, 0.29) is 0 Å². The van der Waals surface area contributed by atoms with E-state index < -0.39 is 14.3 Å². The van der Waals surface area contributed by atoms with Crippen LogP contribution in [0.2, 0.25) is 0 Å². The van der Waals surface area contributed by atoms with Crippen molar-refractivity contribution >= 4 is 46.1 Å². The van der Waals surface area contributed by atoms with E-state index in [2.05, 4.69) is 212 Å². The summed E-state index contributed by atoms with van der Waals surface area (Å²) in [4.78, 5) is 0. The van der Waals surface area contributed by atoms with Crippen LogP contribution in [0, 0.1) is 48.5 Å². The molecule has 4 aliphatic rings. The summed E-state index contributed by atoms with van der Waals surface area (Å²) in [7, 11) is -7.22. The average molecular weight is 1320 g/mol. The molecule has 18 rings (SSSR count). The number of aryl methyl sites for hydroxylation is 7. The van der Waals surface area contributed by atoms with Crippen LogP contribution in [0.5, 0.6) is 46.0 Å². The first-order valence-electron chi connectivity index (χ1n) is 33.7. The quantitative estimate of drug-likeness (QED) is 0.141. The van der Waals surface area contributed by atoms with Gasteiger partial charge in [-0.15, -0.1) is 0 Å². The van der Waals surface area contributed by atoms with Crippen molar-refractivity contribution in [2.24, 2.45) is 0 Å². The number of benzene rings is 14. The molecular weight excluding hydrogens is 1250 g/mol. The number of fused-ring (bicyclic) bond motifs is 8. The van der Waals surface area contributed by atoms with Crippen LogP contribution < -0.4 is 50.8 Å². The van der Waals surface area contributed by atoms with Crippen molar-refractivity contribution in [3.8, 4) is 135 Å². The van der Waals surface area contributed by atoms with E-state index in [9.17, 15) is 0 Å². The summed E-state index contributed by atoms with van der Waals surface area (Å²) in [5.41, 5.74) is 23.3. The van der Waals surface area contributed by atoms with Gasteiger partial charge in [0.05, 0.1) is 21.2 Å². The first-order chi connectivity index (χ1) is 48.3. The fraction of sp³-hybridized carbons (Fsp3) is 0.0769. The van der Waals surface area contributed by atoms with Crippen molar-refractivity contribution in [2.75, 3.05) is 0 Å². The predicted octanol–water partition coefficient (Wildman–Crippen LogP) is 22.6. The van der Waals surface area contributed by atoms with E-state index in [1.807, 2.05) is 121 Å². The minimum atomic E-state index is -3.62. The van der Waals surface area contributed by atoms with Gasteiger partial charge in [-0.05, 0) is 168 Å². The molecule has 0 aliphatic carbocycles. The molecule has 1 unspecified atom stereocenters. The zero-order chi connectivity index (χ0) is 67.4. The lowest BCUT2D eigenvalue weighted by Gasteiger charge is -2.38. The number of rotatable bonds is 8. The van der Waals surface area contributed by atoms with Gasteiger partial charge in [0.25, 0.3) is 0 Å². The number of hydrogen-bond donors (Lipinski definition) is 0. The van der Waals surface area contributed by atoms with Crippen LogP contribution in [0.3, 0.4) is 0 Å². The lowest BCUT2D eigenvalue weighted by Crippen LogP contribution is -2.36. The van der Waals surface area contributed by atoms with E-state index in [4.69, 9.17) is 18.9 Å². The van der Waals surface area contributed by atoms with E-state index in [1.165, 1.54) is 0 Å². The van der Waals surface area contributed by atoms with Crippen molar-refractivity contribution in [1.29, 1.82) is 0 Å². The fourth-order valence-electron chi connectivity index (χ4n) is 15.3. The summed E-state index contributed by atoms with van der Waals surface area (Å²) in [6, 6.07) is 97.2. The minimum absolute atomic E-state index is 0.591. The van der Waals surface area contributed by atoms with E-state index in [1.54, 1.807) is 0 Å². The molecule has 0 spiro atoms. The zero-order valence-electron chi connectivity index (χ0n) is 56.0. The molecule has 14 aromatic carbocycles. The molecule has 478 valence electrons. The lowest BCUT2D eigenvalue weighted by atomic mass is 9.92. The van der Waals surface area contributed by atoms with Crippen molar-refractivity contribution in [1.82, 2.24) is 0 Å². The largest absolute Gasteiger partial charge is 0.454 e. The summed E-state index contributed by atoms with van der Waals surface area (Å²) in [6.07, 6.45) is 0. The number of hydrogen-bond acceptors (Lipinski definition) is 6. The third-order valence-electron chi connectivity index (χ3n) is 20.3. The third kappa shape index (κ3) is 9.67. The van der Waals surface area contributed by atoms with Gasteiger partial charge in [-0.2, -0.15) is 0 Å². The topological polar surface area (TPSA) is 71.1 Å². The molecule has 0 radical (unpaired) electrons. The van der Waals surface area contributed by atoms with Crippen LogP contribution >= 0.6 is 14.3 Å². The van der Waals surface area contributed by atoms with Gasteiger partial charge in [-0.3, -0.25) is 0 Å². The molecule has 14 aromatic rings. The fourth-order valence-corrected chi connectivity index (χ4v) is 21.6. The predicted molar refractivity (Wildman–Crippen MR) is 409 cm³/mol. The maximum atomic E-state index is 16.9. The second-order valence-electron chi connectivity index (χ2n) is 26.3. The second kappa shape index (κ2) is 24.1. The van der Waals surface area contributed by atoms with Gasteiger partial charge in [-0.25, -0.2) is 0 Å². The lowest BCUT2D eigenvalue weighted by molar-refractivity contribution is 0.464. The standard InChI is InChI=1S/C46H35O3P.C45H33O3P/c1-28-15-5-9-19-32(28)36-23-13-25-40-42(36)48-44-38(34-21-11-7-17-30(34)3)27-39(35-22-12-8-18-31(35)4)45-46(44)50(40,47)41-26-14-24-37(43(41)49-45)33-20-10-6-16-29(33)2;1-28-15-7-10-20-32(28)36-24-14-26-40-42(36)48-44-38(34-22-12-9-17-30(34)3)27-37(33-21-11-8-16-29(33)2)43-45(44)49(40,46)39-25-13-23-35(41(39)47-43)31-18-5-4-6-19-31/h5-27H,1-4H3;4-27H,1-3H3. The summed E-state index contributed by atoms with van der Waals surface area (Å²) >= 11 is 0. The van der Waals surface area contributed by atoms with E-state index >= 15 is 9.13 Å². The molecular formula is C91H68O6P2. The normalized spacial score (nSPS) is 14.3. The molecule has 4 heterocycles.